The Kier molecular flexibility index (Phi) is 4.88. The summed E-state index contributed by atoms with van der Waals surface area (Å²) in [5, 5.41) is 10.1. The molecule has 0 heterocycles. The maximum Gasteiger partial charge on any atom is 0.345 e. The summed E-state index contributed by atoms with van der Waals surface area (Å²) in [5.41, 5.74) is 0.753. The van der Waals surface area contributed by atoms with E-state index in [0.717, 1.165) is 5.56 Å². The van der Waals surface area contributed by atoms with Gasteiger partial charge in [0.15, 0.2) is 6.10 Å². The molecule has 0 aromatic heterocycles. The minimum atomic E-state index is -1.03. The second-order valence-corrected chi connectivity index (χ2v) is 5.02. The van der Waals surface area contributed by atoms with Crippen molar-refractivity contribution in [1.29, 1.82) is 0 Å². The van der Waals surface area contributed by atoms with Gasteiger partial charge in [-0.1, -0.05) is 47.5 Å². The molecule has 1 N–H and O–H groups in total. The van der Waals surface area contributed by atoms with Gasteiger partial charge in [-0.2, -0.15) is 0 Å². The van der Waals surface area contributed by atoms with Crippen LogP contribution < -0.4 is 4.74 Å². The summed E-state index contributed by atoms with van der Waals surface area (Å²) in [4.78, 5) is 11.3. The molecule has 2 aromatic carbocycles. The van der Waals surface area contributed by atoms with Gasteiger partial charge in [-0.05, 0) is 29.8 Å². The molecule has 0 unspecified atom stereocenters. The lowest BCUT2D eigenvalue weighted by Crippen LogP contribution is -2.29. The van der Waals surface area contributed by atoms with E-state index in [2.05, 4.69) is 0 Å². The average Bonchev–Trinajstić information content (AvgIpc) is 2.43. The number of carbonyl (C=O) groups is 1. The Morgan fingerprint density at radius 2 is 1.80 bits per heavy atom. The Balaban J connectivity index is 2.13. The SMILES string of the molecule is O=C(O)[C@@H](Cc1ccc(Cl)c(Cl)c1)Oc1ccccc1. The minimum Gasteiger partial charge on any atom is -0.478 e. The normalized spacial score (nSPS) is 11.9. The Labute approximate surface area is 126 Å². The molecular formula is C15H12Cl2O3. The fraction of sp³-hybridized carbons (Fsp3) is 0.133. The maximum atomic E-state index is 11.3. The van der Waals surface area contributed by atoms with Gasteiger partial charge < -0.3 is 9.84 Å². The third-order valence-electron chi connectivity index (χ3n) is 2.70. The zero-order valence-electron chi connectivity index (χ0n) is 10.4. The highest BCUT2D eigenvalue weighted by Crippen LogP contribution is 2.24. The molecule has 0 radical (unpaired) electrons. The van der Waals surface area contributed by atoms with Crippen LogP contribution in [0.2, 0.25) is 10.0 Å². The van der Waals surface area contributed by atoms with Crippen LogP contribution in [0.3, 0.4) is 0 Å². The van der Waals surface area contributed by atoms with Crippen LogP contribution in [-0.4, -0.2) is 17.2 Å². The molecule has 0 spiro atoms. The lowest BCUT2D eigenvalue weighted by molar-refractivity contribution is -0.145. The summed E-state index contributed by atoms with van der Waals surface area (Å²) in [6.45, 7) is 0. The lowest BCUT2D eigenvalue weighted by Gasteiger charge is -2.15. The summed E-state index contributed by atoms with van der Waals surface area (Å²) < 4.78 is 5.47. The number of aliphatic carboxylic acids is 1. The van der Waals surface area contributed by atoms with Gasteiger partial charge >= 0.3 is 5.97 Å². The monoisotopic (exact) mass is 310 g/mol. The van der Waals surface area contributed by atoms with Crippen molar-refractivity contribution in [2.45, 2.75) is 12.5 Å². The second-order valence-electron chi connectivity index (χ2n) is 4.21. The molecule has 0 amide bonds. The lowest BCUT2D eigenvalue weighted by atomic mass is 10.1. The molecule has 0 saturated heterocycles. The van der Waals surface area contributed by atoms with E-state index in [1.807, 2.05) is 6.07 Å². The van der Waals surface area contributed by atoms with Crippen LogP contribution >= 0.6 is 23.2 Å². The maximum absolute atomic E-state index is 11.3. The van der Waals surface area contributed by atoms with Gasteiger partial charge in [-0.3, -0.25) is 0 Å². The van der Waals surface area contributed by atoms with E-state index in [-0.39, 0.29) is 6.42 Å². The predicted octanol–water partition coefficient (Wildman–Crippen LogP) is 4.07. The highest BCUT2D eigenvalue weighted by atomic mass is 35.5. The van der Waals surface area contributed by atoms with Crippen LogP contribution in [0.4, 0.5) is 0 Å². The van der Waals surface area contributed by atoms with Gasteiger partial charge in [-0.25, -0.2) is 4.79 Å². The van der Waals surface area contributed by atoms with Crippen molar-refractivity contribution in [3.05, 3.63) is 64.1 Å². The first-order valence-electron chi connectivity index (χ1n) is 5.94. The van der Waals surface area contributed by atoms with Gasteiger partial charge in [0, 0.05) is 6.42 Å². The summed E-state index contributed by atoms with van der Waals surface area (Å²) >= 11 is 11.7. The molecule has 20 heavy (non-hydrogen) atoms. The highest BCUT2D eigenvalue weighted by molar-refractivity contribution is 6.42. The molecule has 1 atom stereocenters. The number of ether oxygens (including phenoxy) is 1. The van der Waals surface area contributed by atoms with E-state index < -0.39 is 12.1 Å². The van der Waals surface area contributed by atoms with Crippen molar-refractivity contribution in [1.82, 2.24) is 0 Å². The van der Waals surface area contributed by atoms with Crippen molar-refractivity contribution in [2.75, 3.05) is 0 Å². The summed E-state index contributed by atoms with van der Waals surface area (Å²) in [7, 11) is 0. The number of carboxylic acids is 1. The fourth-order valence-corrected chi connectivity index (χ4v) is 2.04. The second kappa shape index (κ2) is 6.64. The van der Waals surface area contributed by atoms with E-state index in [1.54, 1.807) is 42.5 Å². The molecule has 3 nitrogen and oxygen atoms in total. The quantitative estimate of drug-likeness (QED) is 0.905. The summed E-state index contributed by atoms with van der Waals surface area (Å²) in [5.74, 6) is -0.514. The molecular weight excluding hydrogens is 299 g/mol. The van der Waals surface area contributed by atoms with E-state index in [1.165, 1.54) is 0 Å². The molecule has 0 saturated carbocycles. The van der Waals surface area contributed by atoms with Crippen LogP contribution in [0, 0.1) is 0 Å². The van der Waals surface area contributed by atoms with Gasteiger partial charge in [0.2, 0.25) is 0 Å². The van der Waals surface area contributed by atoms with Gasteiger partial charge in [0.1, 0.15) is 5.75 Å². The number of rotatable bonds is 5. The summed E-state index contributed by atoms with van der Waals surface area (Å²) in [6.07, 6.45) is -0.768. The Bertz CT molecular complexity index is 599. The van der Waals surface area contributed by atoms with Crippen LogP contribution in [0.1, 0.15) is 5.56 Å². The number of para-hydroxylation sites is 1. The van der Waals surface area contributed by atoms with Crippen molar-refractivity contribution >= 4 is 29.2 Å². The molecule has 0 aliphatic rings. The first kappa shape index (κ1) is 14.7. The largest absolute Gasteiger partial charge is 0.478 e. The molecule has 2 rings (SSSR count). The summed E-state index contributed by atoms with van der Waals surface area (Å²) in [6, 6.07) is 13.9. The van der Waals surface area contributed by atoms with Crippen LogP contribution in [0.15, 0.2) is 48.5 Å². The zero-order chi connectivity index (χ0) is 14.5. The van der Waals surface area contributed by atoms with Crippen LogP contribution in [0.5, 0.6) is 5.75 Å². The Morgan fingerprint density at radius 1 is 1.10 bits per heavy atom. The number of hydrogen-bond acceptors (Lipinski definition) is 2. The predicted molar refractivity (Wildman–Crippen MR) is 78.7 cm³/mol. The zero-order valence-corrected chi connectivity index (χ0v) is 11.9. The van der Waals surface area contributed by atoms with E-state index >= 15 is 0 Å². The van der Waals surface area contributed by atoms with Crippen molar-refractivity contribution < 1.29 is 14.6 Å². The molecule has 2 aromatic rings. The third-order valence-corrected chi connectivity index (χ3v) is 3.44. The van der Waals surface area contributed by atoms with Gasteiger partial charge in [-0.15, -0.1) is 0 Å². The first-order chi connectivity index (χ1) is 9.56. The average molecular weight is 311 g/mol. The standard InChI is InChI=1S/C15H12Cl2O3/c16-12-7-6-10(8-13(12)17)9-14(15(18)19)20-11-4-2-1-3-5-11/h1-8,14H,9H2,(H,18,19)/t14-/m1/s1. The smallest absolute Gasteiger partial charge is 0.345 e. The fourth-order valence-electron chi connectivity index (χ4n) is 1.72. The van der Waals surface area contributed by atoms with Gasteiger partial charge in [0.05, 0.1) is 10.0 Å². The molecule has 5 heteroatoms. The Hall–Kier alpha value is -1.71. The highest BCUT2D eigenvalue weighted by Gasteiger charge is 2.20. The molecule has 0 fully saturated rings. The molecule has 0 aliphatic carbocycles. The minimum absolute atomic E-state index is 0.209. The number of benzene rings is 2. The van der Waals surface area contributed by atoms with E-state index in [0.29, 0.717) is 15.8 Å². The van der Waals surface area contributed by atoms with Crippen molar-refractivity contribution in [3.8, 4) is 5.75 Å². The van der Waals surface area contributed by atoms with Crippen molar-refractivity contribution in [2.24, 2.45) is 0 Å². The number of hydrogen-bond donors (Lipinski definition) is 1. The molecule has 104 valence electrons. The first-order valence-corrected chi connectivity index (χ1v) is 6.70. The molecule has 0 bridgehead atoms. The van der Waals surface area contributed by atoms with Crippen molar-refractivity contribution in [3.63, 3.8) is 0 Å². The van der Waals surface area contributed by atoms with E-state index in [4.69, 9.17) is 27.9 Å². The number of carboxylic acid groups (broad SMARTS) is 1. The number of halogens is 2. The molecule has 0 aliphatic heterocycles. The topological polar surface area (TPSA) is 46.5 Å². The van der Waals surface area contributed by atoms with Gasteiger partial charge in [0.25, 0.3) is 0 Å². The Morgan fingerprint density at radius 3 is 2.40 bits per heavy atom. The van der Waals surface area contributed by atoms with Crippen LogP contribution in [0.25, 0.3) is 0 Å². The van der Waals surface area contributed by atoms with Crippen LogP contribution in [-0.2, 0) is 11.2 Å². The third kappa shape index (κ3) is 3.89. The van der Waals surface area contributed by atoms with E-state index in [9.17, 15) is 9.90 Å².